The second-order valence-corrected chi connectivity index (χ2v) is 4.89. The van der Waals surface area contributed by atoms with Gasteiger partial charge in [0.25, 0.3) is 0 Å². The molecule has 1 aromatic carbocycles. The molecule has 0 amide bonds. The summed E-state index contributed by atoms with van der Waals surface area (Å²) in [5, 5.41) is 2.37. The van der Waals surface area contributed by atoms with E-state index in [0.29, 0.717) is 0 Å². The zero-order valence-electron chi connectivity index (χ0n) is 12.9. The molecule has 0 spiro atoms. The summed E-state index contributed by atoms with van der Waals surface area (Å²) < 4.78 is 11.1. The molecule has 0 saturated carbocycles. The Morgan fingerprint density at radius 3 is 2.75 bits per heavy atom. The minimum atomic E-state index is 0.763. The molecule has 0 aliphatic carbocycles. The standard InChI is InChI=1S/C17H27NO2/c1-4-6-11-18-12-7-13-20-17-10-9-16(19-3)14-15(17)8-5-2/h5,9-10,14,18H,2,4,6-8,11-13H2,1,3H3/p+1. The van der Waals surface area contributed by atoms with Crippen molar-refractivity contribution in [2.45, 2.75) is 32.6 Å². The van der Waals surface area contributed by atoms with Crippen LogP contribution in [0.4, 0.5) is 0 Å². The number of quaternary nitrogens is 1. The Morgan fingerprint density at radius 1 is 1.25 bits per heavy atom. The Balaban J connectivity index is 2.36. The first-order valence-electron chi connectivity index (χ1n) is 7.54. The maximum absolute atomic E-state index is 5.87. The third-order valence-corrected chi connectivity index (χ3v) is 3.20. The Labute approximate surface area is 123 Å². The van der Waals surface area contributed by atoms with E-state index in [1.165, 1.54) is 19.4 Å². The average molecular weight is 278 g/mol. The van der Waals surface area contributed by atoms with Gasteiger partial charge < -0.3 is 14.8 Å². The predicted molar refractivity (Wildman–Crippen MR) is 83.6 cm³/mol. The van der Waals surface area contributed by atoms with Gasteiger partial charge in [-0.05, 0) is 31.0 Å². The van der Waals surface area contributed by atoms with Gasteiger partial charge in [0.15, 0.2) is 0 Å². The quantitative estimate of drug-likeness (QED) is 0.499. The van der Waals surface area contributed by atoms with Gasteiger partial charge in [0, 0.05) is 12.0 Å². The summed E-state index contributed by atoms with van der Waals surface area (Å²) in [6, 6.07) is 5.94. The Morgan fingerprint density at radius 2 is 2.05 bits per heavy atom. The number of hydrogen-bond donors (Lipinski definition) is 1. The van der Waals surface area contributed by atoms with Crippen molar-refractivity contribution in [3.63, 3.8) is 0 Å². The molecular weight excluding hydrogens is 250 g/mol. The molecule has 0 radical (unpaired) electrons. The van der Waals surface area contributed by atoms with Crippen molar-refractivity contribution in [2.75, 3.05) is 26.8 Å². The van der Waals surface area contributed by atoms with Gasteiger partial charge in [0.1, 0.15) is 11.5 Å². The van der Waals surface area contributed by atoms with Crippen LogP contribution in [0.25, 0.3) is 0 Å². The molecule has 2 N–H and O–H groups in total. The second-order valence-electron chi connectivity index (χ2n) is 4.89. The fourth-order valence-electron chi connectivity index (χ4n) is 2.04. The van der Waals surface area contributed by atoms with Gasteiger partial charge >= 0.3 is 0 Å². The number of methoxy groups -OCH3 is 1. The number of allylic oxidation sites excluding steroid dienone is 1. The highest BCUT2D eigenvalue weighted by Crippen LogP contribution is 2.25. The van der Waals surface area contributed by atoms with Gasteiger partial charge in [-0.1, -0.05) is 19.4 Å². The van der Waals surface area contributed by atoms with E-state index in [2.05, 4.69) is 18.8 Å². The maximum atomic E-state index is 5.87. The molecule has 20 heavy (non-hydrogen) atoms. The predicted octanol–water partition coefficient (Wildman–Crippen LogP) is 2.56. The molecule has 112 valence electrons. The summed E-state index contributed by atoms with van der Waals surface area (Å²) in [4.78, 5) is 0. The van der Waals surface area contributed by atoms with Crippen molar-refractivity contribution in [3.05, 3.63) is 36.4 Å². The number of benzene rings is 1. The van der Waals surface area contributed by atoms with Crippen LogP contribution in [-0.4, -0.2) is 26.8 Å². The molecule has 0 saturated heterocycles. The number of ether oxygens (including phenoxy) is 2. The van der Waals surface area contributed by atoms with Crippen molar-refractivity contribution in [3.8, 4) is 11.5 Å². The van der Waals surface area contributed by atoms with Crippen LogP contribution in [-0.2, 0) is 6.42 Å². The maximum Gasteiger partial charge on any atom is 0.123 e. The van der Waals surface area contributed by atoms with Gasteiger partial charge in [-0.2, -0.15) is 0 Å². The normalized spacial score (nSPS) is 10.3. The fourth-order valence-corrected chi connectivity index (χ4v) is 2.04. The molecule has 0 aromatic heterocycles. The van der Waals surface area contributed by atoms with E-state index < -0.39 is 0 Å². The topological polar surface area (TPSA) is 35.1 Å². The smallest absolute Gasteiger partial charge is 0.123 e. The Kier molecular flexibility index (Phi) is 8.56. The lowest BCUT2D eigenvalue weighted by molar-refractivity contribution is -0.655. The lowest BCUT2D eigenvalue weighted by Gasteiger charge is -2.11. The van der Waals surface area contributed by atoms with E-state index >= 15 is 0 Å². The molecule has 3 nitrogen and oxygen atoms in total. The molecule has 0 fully saturated rings. The molecule has 0 unspecified atom stereocenters. The van der Waals surface area contributed by atoms with Crippen LogP contribution in [0, 0.1) is 0 Å². The molecule has 0 atom stereocenters. The van der Waals surface area contributed by atoms with Crippen LogP contribution in [0.2, 0.25) is 0 Å². The lowest BCUT2D eigenvalue weighted by Crippen LogP contribution is -2.84. The van der Waals surface area contributed by atoms with Crippen molar-refractivity contribution in [1.29, 1.82) is 0 Å². The van der Waals surface area contributed by atoms with Crippen LogP contribution in [0.5, 0.6) is 11.5 Å². The minimum Gasteiger partial charge on any atom is -0.497 e. The van der Waals surface area contributed by atoms with Crippen LogP contribution in [0.15, 0.2) is 30.9 Å². The molecule has 0 bridgehead atoms. The highest BCUT2D eigenvalue weighted by atomic mass is 16.5. The summed E-state index contributed by atoms with van der Waals surface area (Å²) >= 11 is 0. The van der Waals surface area contributed by atoms with Crippen molar-refractivity contribution < 1.29 is 14.8 Å². The van der Waals surface area contributed by atoms with Gasteiger partial charge in [-0.25, -0.2) is 0 Å². The average Bonchev–Trinajstić information content (AvgIpc) is 2.47. The summed E-state index contributed by atoms with van der Waals surface area (Å²) in [7, 11) is 1.68. The molecule has 1 aromatic rings. The SMILES string of the molecule is C=CCc1cc(OC)ccc1OCCC[NH2+]CCCC. The number of hydrogen-bond acceptors (Lipinski definition) is 2. The first-order chi connectivity index (χ1) is 9.81. The van der Waals surface area contributed by atoms with Crippen LogP contribution in [0.1, 0.15) is 31.7 Å². The summed E-state index contributed by atoms with van der Waals surface area (Å²) in [6.45, 7) is 9.13. The fraction of sp³-hybridized carbons (Fsp3) is 0.529. The van der Waals surface area contributed by atoms with Crippen LogP contribution in [0.3, 0.4) is 0 Å². The van der Waals surface area contributed by atoms with Gasteiger partial charge in [-0.15, -0.1) is 6.58 Å². The zero-order chi connectivity index (χ0) is 14.6. The second kappa shape index (κ2) is 10.3. The number of nitrogens with two attached hydrogens (primary N) is 1. The van der Waals surface area contributed by atoms with Crippen LogP contribution < -0.4 is 14.8 Å². The zero-order valence-corrected chi connectivity index (χ0v) is 12.9. The van der Waals surface area contributed by atoms with Gasteiger partial charge in [0.05, 0.1) is 26.8 Å². The van der Waals surface area contributed by atoms with E-state index in [9.17, 15) is 0 Å². The monoisotopic (exact) mass is 278 g/mol. The molecule has 0 aliphatic heterocycles. The molecule has 1 rings (SSSR count). The summed E-state index contributed by atoms with van der Waals surface area (Å²) in [5.74, 6) is 1.81. The van der Waals surface area contributed by atoms with E-state index in [0.717, 1.165) is 43.1 Å². The highest BCUT2D eigenvalue weighted by Gasteiger charge is 2.04. The van der Waals surface area contributed by atoms with Crippen LogP contribution >= 0.6 is 0 Å². The summed E-state index contributed by atoms with van der Waals surface area (Å²) in [5.41, 5.74) is 1.13. The van der Waals surface area contributed by atoms with E-state index in [4.69, 9.17) is 9.47 Å². The molecule has 0 aliphatic rings. The number of unbranched alkanes of at least 4 members (excludes halogenated alkanes) is 1. The van der Waals surface area contributed by atoms with Gasteiger partial charge in [-0.3, -0.25) is 0 Å². The van der Waals surface area contributed by atoms with Crippen molar-refractivity contribution >= 4 is 0 Å². The first-order valence-corrected chi connectivity index (χ1v) is 7.54. The van der Waals surface area contributed by atoms with Crippen molar-refractivity contribution in [2.24, 2.45) is 0 Å². The van der Waals surface area contributed by atoms with E-state index in [1.807, 2.05) is 24.3 Å². The Hall–Kier alpha value is -1.48. The third kappa shape index (κ3) is 6.11. The van der Waals surface area contributed by atoms with E-state index in [1.54, 1.807) is 7.11 Å². The Bertz CT molecular complexity index is 391. The largest absolute Gasteiger partial charge is 0.497 e. The van der Waals surface area contributed by atoms with Gasteiger partial charge in [0.2, 0.25) is 0 Å². The van der Waals surface area contributed by atoms with Crippen molar-refractivity contribution in [1.82, 2.24) is 0 Å². The van der Waals surface area contributed by atoms with E-state index in [-0.39, 0.29) is 0 Å². The minimum absolute atomic E-state index is 0.763. The highest BCUT2D eigenvalue weighted by molar-refractivity contribution is 5.41. The molecule has 0 heterocycles. The lowest BCUT2D eigenvalue weighted by atomic mass is 10.1. The molecular formula is C17H28NO2+. The third-order valence-electron chi connectivity index (χ3n) is 3.20. The molecule has 3 heteroatoms. The summed E-state index contributed by atoms with van der Waals surface area (Å²) in [6.07, 6.45) is 6.32. The number of rotatable bonds is 11. The first kappa shape index (κ1) is 16.6.